The largest absolute Gasteiger partial charge is 0.489 e. The molecule has 0 saturated heterocycles. The Kier molecular flexibility index (Phi) is 7.08. The summed E-state index contributed by atoms with van der Waals surface area (Å²) in [5.41, 5.74) is 10.2. The van der Waals surface area contributed by atoms with E-state index in [1.807, 2.05) is 0 Å². The number of ether oxygens (including phenoxy) is 3. The van der Waals surface area contributed by atoms with Gasteiger partial charge in [0.1, 0.15) is 23.4 Å². The van der Waals surface area contributed by atoms with Crippen LogP contribution in [0, 0.1) is 5.92 Å². The smallest absolute Gasteiger partial charge is 0.151 e. The molecule has 3 aliphatic heterocycles. The predicted molar refractivity (Wildman–Crippen MR) is 212 cm³/mol. The summed E-state index contributed by atoms with van der Waals surface area (Å²) in [4.78, 5) is 2.47. The van der Waals surface area contributed by atoms with Crippen LogP contribution in [0.3, 0.4) is 0 Å². The fourth-order valence-corrected chi connectivity index (χ4v) is 10.0. The number of anilines is 2. The summed E-state index contributed by atoms with van der Waals surface area (Å²) in [5.74, 6) is 5.06. The van der Waals surface area contributed by atoms with Gasteiger partial charge in [-0.15, -0.1) is 0 Å². The Hall–Kier alpha value is -5.74. The summed E-state index contributed by atoms with van der Waals surface area (Å²) in [6.45, 7) is 0. The maximum Gasteiger partial charge on any atom is 0.151 e. The van der Waals surface area contributed by atoms with Gasteiger partial charge in [0.2, 0.25) is 0 Å². The van der Waals surface area contributed by atoms with Crippen molar-refractivity contribution in [2.24, 2.45) is 5.92 Å². The van der Waals surface area contributed by atoms with Gasteiger partial charge in [-0.05, 0) is 90.8 Å². The monoisotopic (exact) mass is 691 g/mol. The van der Waals surface area contributed by atoms with Crippen molar-refractivity contribution in [1.82, 2.24) is 0 Å². The van der Waals surface area contributed by atoms with Gasteiger partial charge in [0.05, 0.1) is 22.8 Å². The van der Waals surface area contributed by atoms with Crippen LogP contribution in [0.5, 0.6) is 23.0 Å². The van der Waals surface area contributed by atoms with E-state index in [9.17, 15) is 0 Å². The van der Waals surface area contributed by atoms with E-state index in [0.29, 0.717) is 6.04 Å². The molecule has 0 radical (unpaired) electrons. The molecule has 0 fully saturated rings. The first-order valence-corrected chi connectivity index (χ1v) is 19.4. The number of rotatable bonds is 3. The van der Waals surface area contributed by atoms with E-state index >= 15 is 0 Å². The van der Waals surface area contributed by atoms with Gasteiger partial charge in [0.15, 0.2) is 11.5 Å². The Labute approximate surface area is 311 Å². The summed E-state index contributed by atoms with van der Waals surface area (Å²) >= 11 is 0. The molecule has 4 nitrogen and oxygen atoms in total. The minimum absolute atomic E-state index is 0.0482. The molecular formula is C49H41NO3. The summed E-state index contributed by atoms with van der Waals surface area (Å²) in [6, 6.07) is 39.9. The van der Waals surface area contributed by atoms with Gasteiger partial charge in [-0.3, -0.25) is 0 Å². The number of benzene rings is 5. The molecule has 260 valence electrons. The van der Waals surface area contributed by atoms with Crippen molar-refractivity contribution < 1.29 is 14.2 Å². The van der Waals surface area contributed by atoms with Gasteiger partial charge in [0, 0.05) is 35.5 Å². The highest BCUT2D eigenvalue weighted by atomic mass is 16.5. The lowest BCUT2D eigenvalue weighted by Gasteiger charge is -2.53. The number of hydrogen-bond donors (Lipinski definition) is 0. The Bertz CT molecular complexity index is 2400. The van der Waals surface area contributed by atoms with Crippen LogP contribution in [0.1, 0.15) is 56.1 Å². The van der Waals surface area contributed by atoms with Gasteiger partial charge >= 0.3 is 0 Å². The SMILES string of the molecule is C1=CC(N2c3ccccc3Oc3cc(-c4ccc5c(c4)OC4CC=CCC4C54C5=C(CCC=C5)Oc5cc(-c6ccccc6)ccc54)ccc32)CCC1. The molecule has 6 aliphatic rings. The number of fused-ring (bicyclic) bond motifs is 9. The molecule has 0 aromatic heterocycles. The third-order valence-electron chi connectivity index (χ3n) is 12.4. The van der Waals surface area contributed by atoms with Crippen LogP contribution >= 0.6 is 0 Å². The third kappa shape index (κ3) is 4.74. The van der Waals surface area contributed by atoms with E-state index < -0.39 is 5.41 Å². The summed E-state index contributed by atoms with van der Waals surface area (Å²) in [5, 5.41) is 0. The highest BCUT2D eigenvalue weighted by Gasteiger charge is 2.56. The van der Waals surface area contributed by atoms with Crippen LogP contribution in [0.25, 0.3) is 22.3 Å². The molecule has 3 heterocycles. The zero-order valence-corrected chi connectivity index (χ0v) is 29.7. The molecule has 0 bridgehead atoms. The lowest BCUT2D eigenvalue weighted by atomic mass is 9.55. The molecule has 3 aliphatic carbocycles. The maximum absolute atomic E-state index is 7.08. The molecule has 53 heavy (non-hydrogen) atoms. The molecule has 4 unspecified atom stereocenters. The van der Waals surface area contributed by atoms with Crippen LogP contribution in [0.2, 0.25) is 0 Å². The first-order chi connectivity index (χ1) is 26.3. The van der Waals surface area contributed by atoms with E-state index in [1.54, 1.807) is 0 Å². The normalized spacial score (nSPS) is 24.5. The van der Waals surface area contributed by atoms with Crippen LogP contribution in [0.15, 0.2) is 157 Å². The number of nitrogens with zero attached hydrogens (tertiary/aromatic N) is 1. The molecule has 5 aromatic rings. The van der Waals surface area contributed by atoms with Gasteiger partial charge < -0.3 is 19.1 Å². The third-order valence-corrected chi connectivity index (χ3v) is 12.4. The minimum atomic E-state index is -0.396. The molecule has 0 saturated carbocycles. The van der Waals surface area contributed by atoms with Crippen molar-refractivity contribution in [3.05, 3.63) is 168 Å². The molecule has 0 amide bonds. The Morgan fingerprint density at radius 3 is 2.19 bits per heavy atom. The number of hydrogen-bond acceptors (Lipinski definition) is 4. The fraction of sp³-hybridized carbons (Fsp3) is 0.224. The van der Waals surface area contributed by atoms with Crippen LogP contribution in [0.4, 0.5) is 11.4 Å². The predicted octanol–water partition coefficient (Wildman–Crippen LogP) is 12.4. The van der Waals surface area contributed by atoms with Gasteiger partial charge in [0.25, 0.3) is 0 Å². The van der Waals surface area contributed by atoms with Gasteiger partial charge in [-0.1, -0.05) is 109 Å². The molecular weight excluding hydrogens is 651 g/mol. The lowest BCUT2D eigenvalue weighted by Crippen LogP contribution is -2.52. The van der Waals surface area contributed by atoms with Crippen molar-refractivity contribution in [3.63, 3.8) is 0 Å². The number of allylic oxidation sites excluding steroid dienone is 6. The topological polar surface area (TPSA) is 30.9 Å². The highest BCUT2D eigenvalue weighted by Crippen LogP contribution is 2.62. The van der Waals surface area contributed by atoms with Crippen molar-refractivity contribution in [2.45, 2.75) is 62.5 Å². The summed E-state index contributed by atoms with van der Waals surface area (Å²) in [7, 11) is 0. The molecule has 1 spiro atoms. The van der Waals surface area contributed by atoms with Crippen molar-refractivity contribution in [2.75, 3.05) is 4.90 Å². The average molecular weight is 692 g/mol. The highest BCUT2D eigenvalue weighted by molar-refractivity contribution is 5.83. The van der Waals surface area contributed by atoms with Gasteiger partial charge in [-0.25, -0.2) is 0 Å². The zero-order chi connectivity index (χ0) is 34.9. The molecule has 4 atom stereocenters. The van der Waals surface area contributed by atoms with E-state index in [4.69, 9.17) is 14.2 Å². The Balaban J connectivity index is 1.06. The van der Waals surface area contributed by atoms with E-state index in [2.05, 4.69) is 151 Å². The average Bonchev–Trinajstić information content (AvgIpc) is 3.22. The first-order valence-electron chi connectivity index (χ1n) is 19.4. The van der Waals surface area contributed by atoms with Crippen LogP contribution in [-0.4, -0.2) is 12.1 Å². The first kappa shape index (κ1) is 30.8. The van der Waals surface area contributed by atoms with E-state index in [1.165, 1.54) is 34.2 Å². The quantitative estimate of drug-likeness (QED) is 0.176. The lowest BCUT2D eigenvalue weighted by molar-refractivity contribution is 0.0692. The Morgan fingerprint density at radius 2 is 1.32 bits per heavy atom. The van der Waals surface area contributed by atoms with Crippen LogP contribution < -0.4 is 19.1 Å². The Morgan fingerprint density at radius 1 is 0.585 bits per heavy atom. The van der Waals surface area contributed by atoms with Crippen molar-refractivity contribution in [1.29, 1.82) is 0 Å². The second kappa shape index (κ2) is 12.2. The van der Waals surface area contributed by atoms with Gasteiger partial charge in [-0.2, -0.15) is 0 Å². The fourth-order valence-electron chi connectivity index (χ4n) is 10.0. The standard InChI is InChI=1S/C49H41NO3/c1-3-13-32(14-4-1)33-23-26-39-46(29-33)51-43-20-10-7-17-37(43)49(39)38-18-8-11-21-44(38)52-47-30-34(24-27-40(47)49)35-25-28-42-48(31-35)53-45-22-12-9-19-41(45)50(42)36-15-5-2-6-16-36/h1,3-5,7-9,11-15,17,19,22-31,36,38,44H,2,6,10,16,18,20-21H2. The second-order valence-corrected chi connectivity index (χ2v) is 15.2. The van der Waals surface area contributed by atoms with E-state index in [0.717, 1.165) is 89.8 Å². The molecule has 0 N–H and O–H groups in total. The molecule has 5 aromatic carbocycles. The zero-order valence-electron chi connectivity index (χ0n) is 29.7. The van der Waals surface area contributed by atoms with Crippen molar-refractivity contribution >= 4 is 11.4 Å². The molecule has 4 heteroatoms. The minimum Gasteiger partial charge on any atom is -0.489 e. The summed E-state index contributed by atoms with van der Waals surface area (Å²) in [6.07, 6.45) is 21.3. The second-order valence-electron chi connectivity index (χ2n) is 15.2. The van der Waals surface area contributed by atoms with Crippen molar-refractivity contribution in [3.8, 4) is 45.3 Å². The molecule has 11 rings (SSSR count). The van der Waals surface area contributed by atoms with E-state index in [-0.39, 0.29) is 12.0 Å². The van der Waals surface area contributed by atoms with Crippen LogP contribution in [-0.2, 0) is 5.41 Å². The maximum atomic E-state index is 7.08. The summed E-state index contributed by atoms with van der Waals surface area (Å²) < 4.78 is 20.6. The number of para-hydroxylation sites is 2.